The molecule has 2 amide bonds. The number of hydrogen-bond acceptors (Lipinski definition) is 3. The van der Waals surface area contributed by atoms with Crippen molar-refractivity contribution in [1.82, 2.24) is 9.80 Å². The number of carbonyl (C=O) groups excluding carboxylic acids is 1. The normalized spacial score (nSPS) is 12.5. The van der Waals surface area contributed by atoms with Gasteiger partial charge in [0, 0.05) is 13.1 Å². The van der Waals surface area contributed by atoms with E-state index in [9.17, 15) is 15.0 Å². The molecule has 196 valence electrons. The Hall–Kier alpha value is -3.93. The Bertz CT molecular complexity index is 1120. The molecule has 2 N–H and O–H groups in total. The van der Waals surface area contributed by atoms with Crippen molar-refractivity contribution in [3.8, 4) is 0 Å². The molecule has 0 heterocycles. The van der Waals surface area contributed by atoms with Gasteiger partial charge in [0.15, 0.2) is 0 Å². The Morgan fingerprint density at radius 1 is 0.500 bits per heavy atom. The number of benzene rings is 4. The lowest BCUT2D eigenvalue weighted by molar-refractivity contribution is 0.0718. The summed E-state index contributed by atoms with van der Waals surface area (Å²) in [5.41, 5.74) is 4.07. The second kappa shape index (κ2) is 14.1. The van der Waals surface area contributed by atoms with E-state index in [1.807, 2.05) is 121 Å². The largest absolute Gasteiger partial charge is 0.394 e. The molecule has 0 bridgehead atoms. The molecular formula is C33H36N2O3. The second-order valence-corrected chi connectivity index (χ2v) is 9.56. The predicted molar refractivity (Wildman–Crippen MR) is 151 cm³/mol. The van der Waals surface area contributed by atoms with Crippen LogP contribution < -0.4 is 0 Å². The minimum absolute atomic E-state index is 0.172. The van der Waals surface area contributed by atoms with Crippen molar-refractivity contribution in [3.63, 3.8) is 0 Å². The summed E-state index contributed by atoms with van der Waals surface area (Å²) < 4.78 is 0. The molecule has 0 saturated carbocycles. The monoisotopic (exact) mass is 508 g/mol. The van der Waals surface area contributed by atoms with Gasteiger partial charge in [0.05, 0.1) is 25.3 Å². The molecule has 4 rings (SSSR count). The zero-order valence-electron chi connectivity index (χ0n) is 21.6. The average molecular weight is 509 g/mol. The number of carbonyl (C=O) groups is 1. The molecule has 2 unspecified atom stereocenters. The van der Waals surface area contributed by atoms with Gasteiger partial charge in [-0.2, -0.15) is 0 Å². The van der Waals surface area contributed by atoms with Gasteiger partial charge in [-0.3, -0.25) is 0 Å². The number of urea groups is 1. The zero-order chi connectivity index (χ0) is 26.6. The van der Waals surface area contributed by atoms with Gasteiger partial charge in [0.2, 0.25) is 0 Å². The summed E-state index contributed by atoms with van der Waals surface area (Å²) in [7, 11) is 0. The minimum atomic E-state index is -0.431. The maximum atomic E-state index is 14.5. The molecule has 0 spiro atoms. The quantitative estimate of drug-likeness (QED) is 0.272. The number of aliphatic hydroxyl groups excluding tert-OH is 2. The Labute approximate surface area is 225 Å². The van der Waals surface area contributed by atoms with Crippen molar-refractivity contribution in [2.24, 2.45) is 0 Å². The molecule has 0 fully saturated rings. The van der Waals surface area contributed by atoms with Gasteiger partial charge >= 0.3 is 6.03 Å². The summed E-state index contributed by atoms with van der Waals surface area (Å²) in [6.07, 6.45) is 1.05. The Morgan fingerprint density at radius 2 is 0.789 bits per heavy atom. The maximum Gasteiger partial charge on any atom is 0.321 e. The molecule has 0 saturated heterocycles. The minimum Gasteiger partial charge on any atom is -0.394 e. The molecule has 4 aromatic rings. The molecule has 0 aromatic heterocycles. The van der Waals surface area contributed by atoms with Gasteiger partial charge in [-0.15, -0.1) is 0 Å². The first kappa shape index (κ1) is 27.1. The van der Waals surface area contributed by atoms with E-state index in [1.54, 1.807) is 9.80 Å². The highest BCUT2D eigenvalue weighted by Crippen LogP contribution is 2.21. The smallest absolute Gasteiger partial charge is 0.321 e. The van der Waals surface area contributed by atoms with Crippen LogP contribution >= 0.6 is 0 Å². The molecule has 5 heteroatoms. The van der Waals surface area contributed by atoms with E-state index in [2.05, 4.69) is 0 Å². The van der Waals surface area contributed by atoms with Crippen molar-refractivity contribution in [3.05, 3.63) is 144 Å². The van der Waals surface area contributed by atoms with E-state index in [-0.39, 0.29) is 19.2 Å². The highest BCUT2D eigenvalue weighted by molar-refractivity contribution is 5.75. The summed E-state index contributed by atoms with van der Waals surface area (Å²) in [4.78, 5) is 18.0. The van der Waals surface area contributed by atoms with Crippen LogP contribution in [-0.4, -0.2) is 51.3 Å². The van der Waals surface area contributed by atoms with Gasteiger partial charge in [-0.05, 0) is 35.1 Å². The van der Waals surface area contributed by atoms with E-state index < -0.39 is 12.1 Å². The number of amides is 2. The van der Waals surface area contributed by atoms with Gasteiger partial charge in [0.1, 0.15) is 0 Å². The van der Waals surface area contributed by atoms with Crippen LogP contribution in [0.5, 0.6) is 0 Å². The van der Waals surface area contributed by atoms with Crippen LogP contribution in [0.3, 0.4) is 0 Å². The van der Waals surface area contributed by atoms with E-state index in [4.69, 9.17) is 0 Å². The summed E-state index contributed by atoms with van der Waals surface area (Å²) in [5.74, 6) is 0. The van der Waals surface area contributed by atoms with Crippen molar-refractivity contribution in [1.29, 1.82) is 0 Å². The third-order valence-electron chi connectivity index (χ3n) is 6.81. The van der Waals surface area contributed by atoms with E-state index >= 15 is 0 Å². The molecule has 38 heavy (non-hydrogen) atoms. The highest BCUT2D eigenvalue weighted by Gasteiger charge is 2.32. The third kappa shape index (κ3) is 7.54. The predicted octanol–water partition coefficient (Wildman–Crippen LogP) is 5.32. The molecule has 0 aliphatic carbocycles. The van der Waals surface area contributed by atoms with Gasteiger partial charge in [0.25, 0.3) is 0 Å². The third-order valence-corrected chi connectivity index (χ3v) is 6.81. The molecule has 0 aliphatic heterocycles. The molecular weight excluding hydrogens is 472 g/mol. The van der Waals surface area contributed by atoms with Crippen LogP contribution in [-0.2, 0) is 25.9 Å². The highest BCUT2D eigenvalue weighted by atomic mass is 16.3. The molecule has 4 aromatic carbocycles. The van der Waals surface area contributed by atoms with Crippen molar-refractivity contribution in [2.45, 2.75) is 38.0 Å². The fraction of sp³-hybridized carbons (Fsp3) is 0.242. The lowest BCUT2D eigenvalue weighted by Crippen LogP contribution is -2.54. The lowest BCUT2D eigenvalue weighted by Gasteiger charge is -2.39. The molecule has 5 nitrogen and oxygen atoms in total. The maximum absolute atomic E-state index is 14.5. The first-order valence-electron chi connectivity index (χ1n) is 13.1. The topological polar surface area (TPSA) is 64.0 Å². The Balaban J connectivity index is 1.69. The van der Waals surface area contributed by atoms with Gasteiger partial charge in [-0.25, -0.2) is 4.79 Å². The second-order valence-electron chi connectivity index (χ2n) is 9.56. The van der Waals surface area contributed by atoms with Gasteiger partial charge in [-0.1, -0.05) is 121 Å². The van der Waals surface area contributed by atoms with E-state index in [0.717, 1.165) is 22.3 Å². The summed E-state index contributed by atoms with van der Waals surface area (Å²) in [5, 5.41) is 21.1. The Morgan fingerprint density at radius 3 is 1.08 bits per heavy atom. The molecule has 0 radical (unpaired) electrons. The number of nitrogens with zero attached hydrogens (tertiary/aromatic N) is 2. The van der Waals surface area contributed by atoms with E-state index in [0.29, 0.717) is 25.9 Å². The van der Waals surface area contributed by atoms with Crippen molar-refractivity contribution < 1.29 is 15.0 Å². The zero-order valence-corrected chi connectivity index (χ0v) is 21.6. The first-order valence-corrected chi connectivity index (χ1v) is 13.1. The van der Waals surface area contributed by atoms with Crippen LogP contribution in [0.25, 0.3) is 0 Å². The SMILES string of the molecule is O=C(N(Cc1ccccc1)C(CO)Cc1ccccc1)N(Cc1ccccc1)C(CO)Cc1ccccc1. The van der Waals surface area contributed by atoms with Crippen LogP contribution in [0.1, 0.15) is 22.3 Å². The molecule has 0 aliphatic rings. The fourth-order valence-electron chi connectivity index (χ4n) is 4.75. The van der Waals surface area contributed by atoms with E-state index in [1.165, 1.54) is 0 Å². The Kier molecular flexibility index (Phi) is 10.1. The fourth-order valence-corrected chi connectivity index (χ4v) is 4.75. The van der Waals surface area contributed by atoms with Gasteiger partial charge < -0.3 is 20.0 Å². The van der Waals surface area contributed by atoms with Crippen LogP contribution in [0.4, 0.5) is 4.79 Å². The molecule has 2 atom stereocenters. The lowest BCUT2D eigenvalue weighted by atomic mass is 10.0. The average Bonchev–Trinajstić information content (AvgIpc) is 2.98. The number of hydrogen-bond donors (Lipinski definition) is 2. The van der Waals surface area contributed by atoms with Crippen LogP contribution in [0.2, 0.25) is 0 Å². The van der Waals surface area contributed by atoms with Crippen molar-refractivity contribution >= 4 is 6.03 Å². The number of aliphatic hydroxyl groups is 2. The standard InChI is InChI=1S/C33H36N2O3/c36-25-31(21-27-13-5-1-6-14-27)34(23-29-17-9-3-10-18-29)33(38)35(24-30-19-11-4-12-20-30)32(26-37)22-28-15-7-2-8-16-28/h1-20,31-32,36-37H,21-26H2. The first-order chi connectivity index (χ1) is 18.7. The van der Waals surface area contributed by atoms with Crippen LogP contribution in [0.15, 0.2) is 121 Å². The van der Waals surface area contributed by atoms with Crippen molar-refractivity contribution in [2.75, 3.05) is 13.2 Å². The summed E-state index contributed by atoms with van der Waals surface area (Å²) in [6.45, 7) is 0.364. The summed E-state index contributed by atoms with van der Waals surface area (Å²) in [6, 6.07) is 38.5. The number of rotatable bonds is 12. The summed E-state index contributed by atoms with van der Waals surface area (Å²) >= 11 is 0. The van der Waals surface area contributed by atoms with Crippen LogP contribution in [0, 0.1) is 0 Å².